The van der Waals surface area contributed by atoms with Gasteiger partial charge < -0.3 is 10.8 Å². The molecule has 1 aromatic heterocycles. The Hall–Kier alpha value is -1.53. The maximum absolute atomic E-state index is 13.4. The van der Waals surface area contributed by atoms with Crippen LogP contribution in [0.15, 0.2) is 24.4 Å². The van der Waals surface area contributed by atoms with E-state index in [0.717, 1.165) is 17.4 Å². The highest BCUT2D eigenvalue weighted by molar-refractivity contribution is 7.15. The number of halogens is 2. The number of nitrogen functional groups attached to an aromatic ring is 1. The van der Waals surface area contributed by atoms with Gasteiger partial charge in [-0.1, -0.05) is 23.5 Å². The molecule has 6 heteroatoms. The van der Waals surface area contributed by atoms with Crippen molar-refractivity contribution in [3.8, 4) is 0 Å². The van der Waals surface area contributed by atoms with Gasteiger partial charge in [0.15, 0.2) is 16.8 Å². The van der Waals surface area contributed by atoms with Crippen molar-refractivity contribution in [2.24, 2.45) is 0 Å². The number of aliphatic hydroxyl groups is 1. The smallest absolute Gasteiger partial charge is 0.180 e. The Bertz CT molecular complexity index is 515. The monoisotopic (exact) mass is 242 g/mol. The van der Waals surface area contributed by atoms with Crippen LogP contribution >= 0.6 is 11.3 Å². The van der Waals surface area contributed by atoms with Crippen molar-refractivity contribution in [1.82, 2.24) is 4.98 Å². The van der Waals surface area contributed by atoms with Gasteiger partial charge in [0.25, 0.3) is 0 Å². The first-order valence-electron chi connectivity index (χ1n) is 4.42. The topological polar surface area (TPSA) is 59.1 Å². The third-order valence-corrected chi connectivity index (χ3v) is 2.97. The zero-order valence-corrected chi connectivity index (χ0v) is 8.84. The molecule has 3 N–H and O–H groups in total. The minimum Gasteiger partial charge on any atom is -0.383 e. The summed E-state index contributed by atoms with van der Waals surface area (Å²) in [6.07, 6.45) is 0.0974. The fourth-order valence-electron chi connectivity index (χ4n) is 1.31. The molecule has 0 aliphatic carbocycles. The second-order valence-corrected chi connectivity index (χ2v) is 4.24. The molecule has 2 rings (SSSR count). The molecule has 84 valence electrons. The van der Waals surface area contributed by atoms with E-state index in [1.165, 1.54) is 18.3 Å². The van der Waals surface area contributed by atoms with E-state index in [1.807, 2.05) is 0 Å². The molecule has 1 unspecified atom stereocenters. The Kier molecular flexibility index (Phi) is 2.84. The maximum Gasteiger partial charge on any atom is 0.180 e. The molecule has 0 fully saturated rings. The average molecular weight is 242 g/mol. The average Bonchev–Trinajstić information content (AvgIpc) is 2.68. The molecule has 0 aliphatic heterocycles. The number of nitrogens with zero attached hydrogens (tertiary/aromatic N) is 1. The number of thiazole rings is 1. The summed E-state index contributed by atoms with van der Waals surface area (Å²) in [6, 6.07) is 3.65. The van der Waals surface area contributed by atoms with Gasteiger partial charge >= 0.3 is 0 Å². The summed E-state index contributed by atoms with van der Waals surface area (Å²) in [4.78, 5) is 4.11. The lowest BCUT2D eigenvalue weighted by Crippen LogP contribution is -2.02. The number of anilines is 1. The van der Waals surface area contributed by atoms with Crippen LogP contribution in [0.3, 0.4) is 0 Å². The summed E-state index contributed by atoms with van der Waals surface area (Å²) in [5, 5.41) is 10.1. The van der Waals surface area contributed by atoms with Gasteiger partial charge in [-0.25, -0.2) is 13.8 Å². The van der Waals surface area contributed by atoms with Gasteiger partial charge in [0, 0.05) is 11.8 Å². The van der Waals surface area contributed by atoms with E-state index in [4.69, 9.17) is 5.73 Å². The number of hydrogen-bond acceptors (Lipinski definition) is 4. The highest BCUT2D eigenvalue weighted by Gasteiger charge is 2.19. The molecular formula is C10H8F2N2OS. The van der Waals surface area contributed by atoms with E-state index in [0.29, 0.717) is 4.88 Å². The quantitative estimate of drug-likeness (QED) is 0.847. The first-order chi connectivity index (χ1) is 7.59. The van der Waals surface area contributed by atoms with Crippen molar-refractivity contribution in [2.45, 2.75) is 6.10 Å². The Balaban J connectivity index is 2.41. The molecule has 2 aromatic rings. The Morgan fingerprint density at radius 3 is 2.75 bits per heavy atom. The first kappa shape index (κ1) is 11.0. The minimum absolute atomic E-state index is 0.122. The zero-order chi connectivity index (χ0) is 11.7. The number of rotatable bonds is 2. The van der Waals surface area contributed by atoms with Crippen LogP contribution in [-0.4, -0.2) is 10.1 Å². The second kappa shape index (κ2) is 4.15. The number of aromatic nitrogens is 1. The van der Waals surface area contributed by atoms with Crippen LogP contribution in [-0.2, 0) is 0 Å². The summed E-state index contributed by atoms with van der Waals surface area (Å²) in [6.45, 7) is 0. The van der Waals surface area contributed by atoms with Crippen molar-refractivity contribution in [2.75, 3.05) is 5.73 Å². The standard InChI is InChI=1S/C10H8F2N2OS/c11-6-3-1-2-5(8(6)12)9(15)7-4-14-10(13)16-7/h1-4,9,15H,(H2,13,14). The van der Waals surface area contributed by atoms with E-state index in [2.05, 4.69) is 4.98 Å². The predicted molar refractivity (Wildman–Crippen MR) is 56.9 cm³/mol. The number of aliphatic hydroxyl groups excluding tert-OH is 1. The third kappa shape index (κ3) is 1.89. The van der Waals surface area contributed by atoms with E-state index in [1.54, 1.807) is 0 Å². The molecule has 3 nitrogen and oxygen atoms in total. The second-order valence-electron chi connectivity index (χ2n) is 3.15. The molecule has 0 radical (unpaired) electrons. The Morgan fingerprint density at radius 1 is 1.38 bits per heavy atom. The molecular weight excluding hydrogens is 234 g/mol. The van der Waals surface area contributed by atoms with Crippen LogP contribution < -0.4 is 5.73 Å². The zero-order valence-electron chi connectivity index (χ0n) is 8.02. The fourth-order valence-corrected chi connectivity index (χ4v) is 2.00. The van der Waals surface area contributed by atoms with Crippen molar-refractivity contribution in [3.05, 3.63) is 46.5 Å². The van der Waals surface area contributed by atoms with Crippen LogP contribution in [0, 0.1) is 11.6 Å². The predicted octanol–water partition coefficient (Wildman–Crippen LogP) is 2.09. The van der Waals surface area contributed by atoms with E-state index < -0.39 is 17.7 Å². The van der Waals surface area contributed by atoms with Gasteiger partial charge in [0.2, 0.25) is 0 Å². The number of benzene rings is 1. The van der Waals surface area contributed by atoms with Gasteiger partial charge in [-0.3, -0.25) is 0 Å². The molecule has 0 bridgehead atoms. The van der Waals surface area contributed by atoms with Crippen molar-refractivity contribution < 1.29 is 13.9 Å². The molecule has 0 spiro atoms. The van der Waals surface area contributed by atoms with Gasteiger partial charge in [-0.2, -0.15) is 0 Å². The summed E-state index contributed by atoms with van der Waals surface area (Å²) >= 11 is 1.03. The largest absolute Gasteiger partial charge is 0.383 e. The molecule has 0 saturated heterocycles. The molecule has 0 amide bonds. The molecule has 16 heavy (non-hydrogen) atoms. The number of hydrogen-bond donors (Lipinski definition) is 2. The van der Waals surface area contributed by atoms with E-state index in [9.17, 15) is 13.9 Å². The lowest BCUT2D eigenvalue weighted by atomic mass is 10.1. The van der Waals surface area contributed by atoms with Crippen LogP contribution in [0.2, 0.25) is 0 Å². The lowest BCUT2D eigenvalue weighted by molar-refractivity contribution is 0.217. The summed E-state index contributed by atoms with van der Waals surface area (Å²) in [7, 11) is 0. The van der Waals surface area contributed by atoms with Crippen LogP contribution in [0.25, 0.3) is 0 Å². The SMILES string of the molecule is Nc1ncc(C(O)c2cccc(F)c2F)s1. The van der Waals surface area contributed by atoms with Gasteiger partial charge in [-0.15, -0.1) is 0 Å². The van der Waals surface area contributed by atoms with Crippen LogP contribution in [0.5, 0.6) is 0 Å². The van der Waals surface area contributed by atoms with Crippen molar-refractivity contribution in [3.63, 3.8) is 0 Å². The van der Waals surface area contributed by atoms with Crippen LogP contribution in [0.1, 0.15) is 16.5 Å². The van der Waals surface area contributed by atoms with Crippen LogP contribution in [0.4, 0.5) is 13.9 Å². The lowest BCUT2D eigenvalue weighted by Gasteiger charge is -2.09. The highest BCUT2D eigenvalue weighted by Crippen LogP contribution is 2.29. The van der Waals surface area contributed by atoms with E-state index in [-0.39, 0.29) is 10.7 Å². The van der Waals surface area contributed by atoms with Gasteiger partial charge in [0.1, 0.15) is 6.10 Å². The molecule has 0 aliphatic rings. The number of nitrogens with two attached hydrogens (primary N) is 1. The van der Waals surface area contributed by atoms with Gasteiger partial charge in [0.05, 0.1) is 4.88 Å². The highest BCUT2D eigenvalue weighted by atomic mass is 32.1. The summed E-state index contributed by atoms with van der Waals surface area (Å²) in [5.41, 5.74) is 5.27. The van der Waals surface area contributed by atoms with Crippen molar-refractivity contribution >= 4 is 16.5 Å². The molecule has 1 atom stereocenters. The third-order valence-electron chi connectivity index (χ3n) is 2.09. The van der Waals surface area contributed by atoms with E-state index >= 15 is 0 Å². The first-order valence-corrected chi connectivity index (χ1v) is 5.24. The maximum atomic E-state index is 13.4. The fraction of sp³-hybridized carbons (Fsp3) is 0.100. The minimum atomic E-state index is -1.24. The molecule has 1 heterocycles. The van der Waals surface area contributed by atoms with Gasteiger partial charge in [-0.05, 0) is 6.07 Å². The summed E-state index contributed by atoms with van der Waals surface area (Å²) < 4.78 is 26.3. The summed E-state index contributed by atoms with van der Waals surface area (Å²) in [5.74, 6) is -2.05. The Labute approximate surface area is 94.2 Å². The normalized spacial score (nSPS) is 12.7. The molecule has 0 saturated carbocycles. The van der Waals surface area contributed by atoms with Crippen molar-refractivity contribution in [1.29, 1.82) is 0 Å². The molecule has 1 aromatic carbocycles. The Morgan fingerprint density at radius 2 is 2.12 bits per heavy atom.